The second kappa shape index (κ2) is 3.23. The number of piperidine rings is 1. The number of hydrogen-bond donors (Lipinski definition) is 1. The minimum atomic E-state index is 0.202. The molecule has 0 aromatic carbocycles. The Balaban J connectivity index is 2.05. The van der Waals surface area contributed by atoms with E-state index in [1.807, 2.05) is 0 Å². The Morgan fingerprint density at radius 1 is 1.43 bits per heavy atom. The molecule has 0 saturated carbocycles. The Labute approximate surface area is 85.8 Å². The zero-order valence-electron chi connectivity index (χ0n) is 9.34. The average Bonchev–Trinajstić information content (AvgIpc) is 2.46. The lowest BCUT2D eigenvalue weighted by Gasteiger charge is -2.41. The summed E-state index contributed by atoms with van der Waals surface area (Å²) >= 11 is 0. The van der Waals surface area contributed by atoms with E-state index in [2.05, 4.69) is 31.0 Å². The van der Waals surface area contributed by atoms with Crippen molar-refractivity contribution in [1.82, 2.24) is 10.2 Å². The monoisotopic (exact) mass is 196 g/mol. The van der Waals surface area contributed by atoms with Crippen molar-refractivity contribution >= 4 is 5.91 Å². The second-order valence-corrected chi connectivity index (χ2v) is 5.52. The molecule has 0 spiro atoms. The highest BCUT2D eigenvalue weighted by molar-refractivity contribution is 5.81. The minimum absolute atomic E-state index is 0.202. The van der Waals surface area contributed by atoms with Crippen LogP contribution >= 0.6 is 0 Å². The summed E-state index contributed by atoms with van der Waals surface area (Å²) in [6.07, 6.45) is 1.17. The largest absolute Gasteiger partial charge is 0.356 e. The lowest BCUT2D eigenvalue weighted by molar-refractivity contribution is -0.124. The maximum absolute atomic E-state index is 11.5. The first-order valence-corrected chi connectivity index (χ1v) is 5.51. The van der Waals surface area contributed by atoms with E-state index in [9.17, 15) is 4.79 Å². The third-order valence-corrected chi connectivity index (χ3v) is 3.58. The number of carbonyl (C=O) groups is 1. The fourth-order valence-electron chi connectivity index (χ4n) is 2.51. The van der Waals surface area contributed by atoms with E-state index in [4.69, 9.17) is 0 Å². The summed E-state index contributed by atoms with van der Waals surface area (Å²) in [6, 6.07) is 0. The Bertz CT molecular complexity index is 244. The molecule has 2 fully saturated rings. The molecule has 1 N–H and O–H groups in total. The van der Waals surface area contributed by atoms with Crippen molar-refractivity contribution in [3.05, 3.63) is 0 Å². The van der Waals surface area contributed by atoms with Crippen LogP contribution in [0.5, 0.6) is 0 Å². The van der Waals surface area contributed by atoms with Gasteiger partial charge >= 0.3 is 0 Å². The van der Waals surface area contributed by atoms with E-state index in [0.717, 1.165) is 19.6 Å². The second-order valence-electron chi connectivity index (χ2n) is 5.52. The first-order valence-electron chi connectivity index (χ1n) is 5.51. The number of carbonyl (C=O) groups excluding carboxylic acids is 1. The summed E-state index contributed by atoms with van der Waals surface area (Å²) in [5.74, 6) is 1.12. The van der Waals surface area contributed by atoms with Gasteiger partial charge in [0, 0.05) is 18.6 Å². The van der Waals surface area contributed by atoms with Crippen LogP contribution in [0.15, 0.2) is 0 Å². The topological polar surface area (TPSA) is 32.3 Å². The third kappa shape index (κ3) is 1.65. The number of amides is 1. The van der Waals surface area contributed by atoms with Crippen LogP contribution in [0.2, 0.25) is 0 Å². The predicted molar refractivity (Wildman–Crippen MR) is 55.9 cm³/mol. The molecule has 3 heteroatoms. The van der Waals surface area contributed by atoms with Gasteiger partial charge in [0.15, 0.2) is 0 Å². The van der Waals surface area contributed by atoms with Gasteiger partial charge in [0.05, 0.1) is 5.92 Å². The summed E-state index contributed by atoms with van der Waals surface area (Å²) in [5, 5.41) is 2.97. The number of fused-ring (bicyclic) bond motifs is 1. The molecule has 2 aliphatic heterocycles. The lowest BCUT2D eigenvalue weighted by atomic mass is 9.86. The molecule has 2 saturated heterocycles. The number of nitrogens with zero attached hydrogens (tertiary/aromatic N) is 1. The van der Waals surface area contributed by atoms with Crippen molar-refractivity contribution < 1.29 is 4.79 Å². The predicted octanol–water partition coefficient (Wildman–Crippen LogP) is 0.853. The van der Waals surface area contributed by atoms with Crippen molar-refractivity contribution in [2.45, 2.75) is 32.7 Å². The molecule has 0 bridgehead atoms. The van der Waals surface area contributed by atoms with Crippen molar-refractivity contribution in [3.8, 4) is 0 Å². The van der Waals surface area contributed by atoms with Gasteiger partial charge in [0.25, 0.3) is 0 Å². The quantitative estimate of drug-likeness (QED) is 0.623. The molecule has 0 unspecified atom stereocenters. The third-order valence-electron chi connectivity index (χ3n) is 3.58. The Morgan fingerprint density at radius 2 is 2.14 bits per heavy atom. The van der Waals surface area contributed by atoms with Gasteiger partial charge in [0.2, 0.25) is 5.91 Å². The van der Waals surface area contributed by atoms with Gasteiger partial charge < -0.3 is 5.32 Å². The molecule has 0 radical (unpaired) electrons. The van der Waals surface area contributed by atoms with E-state index in [-0.39, 0.29) is 17.4 Å². The average molecular weight is 196 g/mol. The Hall–Kier alpha value is -0.570. The van der Waals surface area contributed by atoms with Gasteiger partial charge in [-0.2, -0.15) is 0 Å². The standard InChI is InChI=1S/C11H20N2O/c1-11(2,3)13-5-4-8-6-12-10(14)9(8)7-13/h8-9H,4-7H2,1-3H3,(H,12,14)/t8-,9-/m0/s1. The Morgan fingerprint density at radius 3 is 2.79 bits per heavy atom. The van der Waals surface area contributed by atoms with Gasteiger partial charge in [-0.05, 0) is 39.7 Å². The summed E-state index contributed by atoms with van der Waals surface area (Å²) in [4.78, 5) is 14.0. The van der Waals surface area contributed by atoms with E-state index >= 15 is 0 Å². The van der Waals surface area contributed by atoms with Crippen molar-refractivity contribution in [2.24, 2.45) is 11.8 Å². The number of rotatable bonds is 0. The Kier molecular flexibility index (Phi) is 2.30. The number of likely N-dealkylation sites (tertiary alicyclic amines) is 1. The molecule has 0 aromatic heterocycles. The molecular weight excluding hydrogens is 176 g/mol. The maximum atomic E-state index is 11.5. The van der Waals surface area contributed by atoms with Crippen LogP contribution in [0.3, 0.4) is 0 Å². The van der Waals surface area contributed by atoms with Gasteiger partial charge in [-0.3, -0.25) is 9.69 Å². The fraction of sp³-hybridized carbons (Fsp3) is 0.909. The first kappa shape index (κ1) is 9.97. The van der Waals surface area contributed by atoms with Crippen LogP contribution in [-0.2, 0) is 4.79 Å². The molecular formula is C11H20N2O. The van der Waals surface area contributed by atoms with Crippen LogP contribution < -0.4 is 5.32 Å². The highest BCUT2D eigenvalue weighted by Gasteiger charge is 2.41. The molecule has 3 nitrogen and oxygen atoms in total. The molecule has 2 rings (SSSR count). The zero-order chi connectivity index (χ0) is 10.3. The molecule has 0 aliphatic carbocycles. The lowest BCUT2D eigenvalue weighted by Crippen LogP contribution is -2.50. The highest BCUT2D eigenvalue weighted by atomic mass is 16.2. The van der Waals surface area contributed by atoms with Crippen LogP contribution in [-0.4, -0.2) is 36.0 Å². The number of nitrogens with one attached hydrogen (secondary N) is 1. The van der Waals surface area contributed by atoms with E-state index in [1.54, 1.807) is 0 Å². The van der Waals surface area contributed by atoms with Crippen molar-refractivity contribution in [1.29, 1.82) is 0 Å². The summed E-state index contributed by atoms with van der Waals surface area (Å²) in [7, 11) is 0. The highest BCUT2D eigenvalue weighted by Crippen LogP contribution is 2.30. The number of hydrogen-bond acceptors (Lipinski definition) is 2. The normalized spacial score (nSPS) is 34.1. The smallest absolute Gasteiger partial charge is 0.224 e. The molecule has 2 heterocycles. The molecule has 1 amide bonds. The van der Waals surface area contributed by atoms with Gasteiger partial charge in [-0.1, -0.05) is 0 Å². The van der Waals surface area contributed by atoms with Crippen LogP contribution in [0.25, 0.3) is 0 Å². The SMILES string of the molecule is CC(C)(C)N1CC[C@H]2CNC(=O)[C@H]2C1. The molecule has 0 aromatic rings. The maximum Gasteiger partial charge on any atom is 0.224 e. The van der Waals surface area contributed by atoms with Crippen molar-refractivity contribution in [2.75, 3.05) is 19.6 Å². The van der Waals surface area contributed by atoms with Gasteiger partial charge in [-0.15, -0.1) is 0 Å². The summed E-state index contributed by atoms with van der Waals surface area (Å²) in [6.45, 7) is 9.65. The van der Waals surface area contributed by atoms with E-state index < -0.39 is 0 Å². The molecule has 2 atom stereocenters. The molecule has 2 aliphatic rings. The van der Waals surface area contributed by atoms with Crippen LogP contribution in [0.4, 0.5) is 0 Å². The summed E-state index contributed by atoms with van der Waals surface area (Å²) < 4.78 is 0. The van der Waals surface area contributed by atoms with E-state index in [0.29, 0.717) is 5.92 Å². The first-order chi connectivity index (χ1) is 6.48. The van der Waals surface area contributed by atoms with E-state index in [1.165, 1.54) is 6.42 Å². The fourth-order valence-corrected chi connectivity index (χ4v) is 2.51. The van der Waals surface area contributed by atoms with Crippen LogP contribution in [0, 0.1) is 11.8 Å². The minimum Gasteiger partial charge on any atom is -0.356 e. The molecule has 80 valence electrons. The van der Waals surface area contributed by atoms with Gasteiger partial charge in [0.1, 0.15) is 0 Å². The molecule has 14 heavy (non-hydrogen) atoms. The van der Waals surface area contributed by atoms with Gasteiger partial charge in [-0.25, -0.2) is 0 Å². The van der Waals surface area contributed by atoms with Crippen molar-refractivity contribution in [3.63, 3.8) is 0 Å². The van der Waals surface area contributed by atoms with Crippen LogP contribution in [0.1, 0.15) is 27.2 Å². The summed E-state index contributed by atoms with van der Waals surface area (Å²) in [5.41, 5.74) is 0.202. The zero-order valence-corrected chi connectivity index (χ0v) is 9.34.